The van der Waals surface area contributed by atoms with Gasteiger partial charge in [-0.1, -0.05) is 13.8 Å². The summed E-state index contributed by atoms with van der Waals surface area (Å²) in [6.07, 6.45) is 0. The monoisotopic (exact) mass is 288 g/mol. The van der Waals surface area contributed by atoms with Crippen LogP contribution in [0.25, 0.3) is 0 Å². The van der Waals surface area contributed by atoms with E-state index in [-0.39, 0.29) is 5.92 Å². The van der Waals surface area contributed by atoms with Crippen LogP contribution < -0.4 is 20.5 Å². The fourth-order valence-electron chi connectivity index (χ4n) is 1.86. The van der Waals surface area contributed by atoms with Gasteiger partial charge in [0.1, 0.15) is 29.0 Å². The van der Waals surface area contributed by atoms with Gasteiger partial charge >= 0.3 is 0 Å². The van der Waals surface area contributed by atoms with Crippen LogP contribution in [0.5, 0.6) is 11.5 Å². The van der Waals surface area contributed by atoms with E-state index in [9.17, 15) is 0 Å². The molecular formula is C15H20N4O2. The Labute approximate surface area is 124 Å². The first-order valence-electron chi connectivity index (χ1n) is 6.67. The molecule has 0 saturated carbocycles. The average Bonchev–Trinajstić information content (AvgIpc) is 2.46. The van der Waals surface area contributed by atoms with Crippen molar-refractivity contribution in [2.75, 3.05) is 25.3 Å². The Bertz CT molecular complexity index is 629. The first-order valence-corrected chi connectivity index (χ1v) is 6.67. The number of nitrogens with two attached hydrogens (primary N) is 1. The van der Waals surface area contributed by atoms with Gasteiger partial charge in [0.2, 0.25) is 0 Å². The number of aromatic nitrogens is 2. The van der Waals surface area contributed by atoms with Gasteiger partial charge in [0.15, 0.2) is 0 Å². The van der Waals surface area contributed by atoms with Crippen LogP contribution in [0.1, 0.15) is 25.6 Å². The van der Waals surface area contributed by atoms with Gasteiger partial charge in [-0.05, 0) is 12.1 Å². The molecule has 0 atom stereocenters. The van der Waals surface area contributed by atoms with Crippen LogP contribution in [0.4, 0.5) is 17.3 Å². The van der Waals surface area contributed by atoms with Crippen LogP contribution >= 0.6 is 0 Å². The molecule has 0 aliphatic rings. The summed E-state index contributed by atoms with van der Waals surface area (Å²) >= 11 is 0. The molecule has 2 rings (SSSR count). The summed E-state index contributed by atoms with van der Waals surface area (Å²) in [5.74, 6) is 3.36. The Kier molecular flexibility index (Phi) is 4.47. The minimum Gasteiger partial charge on any atom is -0.497 e. The number of methoxy groups -OCH3 is 2. The van der Waals surface area contributed by atoms with Gasteiger partial charge in [-0.25, -0.2) is 9.97 Å². The molecule has 21 heavy (non-hydrogen) atoms. The summed E-state index contributed by atoms with van der Waals surface area (Å²) in [6, 6.07) is 7.18. The molecule has 1 aromatic heterocycles. The van der Waals surface area contributed by atoms with E-state index in [0.29, 0.717) is 23.2 Å². The molecule has 0 aliphatic heterocycles. The molecule has 112 valence electrons. The number of nitrogen functional groups attached to an aromatic ring is 1. The standard InChI is InChI=1S/C15H20N4O2/c1-9(2)15-18-13(16)8-14(19-15)17-11-7-10(20-3)5-6-12(11)21-4/h5-9H,1-4H3,(H3,16,17,18,19). The average molecular weight is 288 g/mol. The molecule has 0 radical (unpaired) electrons. The maximum atomic E-state index is 5.83. The molecule has 6 heteroatoms. The smallest absolute Gasteiger partial charge is 0.142 e. The van der Waals surface area contributed by atoms with Crippen molar-refractivity contribution >= 4 is 17.3 Å². The minimum atomic E-state index is 0.196. The number of nitrogens with one attached hydrogen (secondary N) is 1. The molecular weight excluding hydrogens is 268 g/mol. The van der Waals surface area contributed by atoms with Crippen molar-refractivity contribution in [1.29, 1.82) is 0 Å². The van der Waals surface area contributed by atoms with Gasteiger partial charge in [0.05, 0.1) is 19.9 Å². The molecule has 0 bridgehead atoms. The number of anilines is 3. The van der Waals surface area contributed by atoms with Crippen molar-refractivity contribution < 1.29 is 9.47 Å². The summed E-state index contributed by atoms with van der Waals surface area (Å²) in [5.41, 5.74) is 6.58. The zero-order valence-electron chi connectivity index (χ0n) is 12.7. The predicted octanol–water partition coefficient (Wildman–Crippen LogP) is 2.94. The van der Waals surface area contributed by atoms with Gasteiger partial charge in [0.25, 0.3) is 0 Å². The highest BCUT2D eigenvalue weighted by Crippen LogP contribution is 2.31. The number of benzene rings is 1. The number of hydrogen-bond acceptors (Lipinski definition) is 6. The van der Waals surface area contributed by atoms with Gasteiger partial charge in [-0.2, -0.15) is 0 Å². The molecule has 0 saturated heterocycles. The minimum absolute atomic E-state index is 0.196. The predicted molar refractivity (Wildman–Crippen MR) is 83.4 cm³/mol. The van der Waals surface area contributed by atoms with Crippen molar-refractivity contribution in [3.63, 3.8) is 0 Å². The summed E-state index contributed by atoms with van der Waals surface area (Å²) in [5, 5.41) is 3.20. The Morgan fingerprint density at radius 1 is 1.10 bits per heavy atom. The van der Waals surface area contributed by atoms with E-state index in [0.717, 1.165) is 11.4 Å². The molecule has 3 N–H and O–H groups in total. The van der Waals surface area contributed by atoms with Crippen molar-refractivity contribution in [3.8, 4) is 11.5 Å². The van der Waals surface area contributed by atoms with Crippen molar-refractivity contribution in [3.05, 3.63) is 30.1 Å². The fourth-order valence-corrected chi connectivity index (χ4v) is 1.86. The van der Waals surface area contributed by atoms with E-state index in [1.807, 2.05) is 32.0 Å². The van der Waals surface area contributed by atoms with Crippen LogP contribution in [0.3, 0.4) is 0 Å². The molecule has 0 amide bonds. The highest BCUT2D eigenvalue weighted by Gasteiger charge is 2.10. The third-order valence-corrected chi connectivity index (χ3v) is 2.95. The van der Waals surface area contributed by atoms with E-state index >= 15 is 0 Å². The molecule has 0 fully saturated rings. The van der Waals surface area contributed by atoms with E-state index in [4.69, 9.17) is 15.2 Å². The maximum absolute atomic E-state index is 5.83. The van der Waals surface area contributed by atoms with Crippen LogP contribution in [0.15, 0.2) is 24.3 Å². The third-order valence-electron chi connectivity index (χ3n) is 2.95. The first kappa shape index (κ1) is 14.9. The summed E-state index contributed by atoms with van der Waals surface area (Å²) in [6.45, 7) is 4.04. The molecule has 0 aliphatic carbocycles. The van der Waals surface area contributed by atoms with Crippen LogP contribution in [0, 0.1) is 0 Å². The molecule has 1 aromatic carbocycles. The first-order chi connectivity index (χ1) is 10.0. The Hall–Kier alpha value is -2.50. The van der Waals surface area contributed by atoms with Crippen molar-refractivity contribution in [2.45, 2.75) is 19.8 Å². The third kappa shape index (κ3) is 3.53. The molecule has 6 nitrogen and oxygen atoms in total. The van der Waals surface area contributed by atoms with E-state index in [1.165, 1.54) is 0 Å². The van der Waals surface area contributed by atoms with Crippen LogP contribution in [-0.2, 0) is 0 Å². The molecule has 2 aromatic rings. The Morgan fingerprint density at radius 2 is 1.86 bits per heavy atom. The molecule has 0 unspecified atom stereocenters. The number of rotatable bonds is 5. The lowest BCUT2D eigenvalue weighted by Gasteiger charge is -2.13. The largest absolute Gasteiger partial charge is 0.497 e. The second kappa shape index (κ2) is 6.30. The van der Waals surface area contributed by atoms with Gasteiger partial charge in [-0.15, -0.1) is 0 Å². The van der Waals surface area contributed by atoms with Crippen LogP contribution in [0.2, 0.25) is 0 Å². The highest BCUT2D eigenvalue weighted by molar-refractivity contribution is 5.67. The summed E-state index contributed by atoms with van der Waals surface area (Å²) < 4.78 is 10.6. The summed E-state index contributed by atoms with van der Waals surface area (Å²) in [7, 11) is 3.23. The lowest BCUT2D eigenvalue weighted by atomic mass is 10.2. The summed E-state index contributed by atoms with van der Waals surface area (Å²) in [4.78, 5) is 8.68. The van der Waals surface area contributed by atoms with Crippen molar-refractivity contribution in [2.24, 2.45) is 0 Å². The number of ether oxygens (including phenoxy) is 2. The zero-order valence-corrected chi connectivity index (χ0v) is 12.7. The molecule has 0 spiro atoms. The zero-order chi connectivity index (χ0) is 15.4. The van der Waals surface area contributed by atoms with Gasteiger partial charge < -0.3 is 20.5 Å². The van der Waals surface area contributed by atoms with Gasteiger partial charge in [-0.3, -0.25) is 0 Å². The van der Waals surface area contributed by atoms with E-state index in [2.05, 4.69) is 15.3 Å². The quantitative estimate of drug-likeness (QED) is 0.880. The second-order valence-corrected chi connectivity index (χ2v) is 4.88. The fraction of sp³-hybridized carbons (Fsp3) is 0.333. The SMILES string of the molecule is COc1ccc(OC)c(Nc2cc(N)nc(C(C)C)n2)c1. The number of hydrogen-bond donors (Lipinski definition) is 2. The van der Waals surface area contributed by atoms with Gasteiger partial charge in [0, 0.05) is 18.1 Å². The molecule has 1 heterocycles. The maximum Gasteiger partial charge on any atom is 0.142 e. The highest BCUT2D eigenvalue weighted by atomic mass is 16.5. The Morgan fingerprint density at radius 3 is 2.48 bits per heavy atom. The lowest BCUT2D eigenvalue weighted by molar-refractivity contribution is 0.405. The van der Waals surface area contributed by atoms with E-state index < -0.39 is 0 Å². The Balaban J connectivity index is 2.37. The van der Waals surface area contributed by atoms with Crippen molar-refractivity contribution in [1.82, 2.24) is 9.97 Å². The normalized spacial score (nSPS) is 10.5. The second-order valence-electron chi connectivity index (χ2n) is 4.88. The topological polar surface area (TPSA) is 82.3 Å². The lowest BCUT2D eigenvalue weighted by Crippen LogP contribution is -2.05. The number of nitrogens with zero attached hydrogens (tertiary/aromatic N) is 2. The van der Waals surface area contributed by atoms with E-state index in [1.54, 1.807) is 20.3 Å². The van der Waals surface area contributed by atoms with Crippen LogP contribution in [-0.4, -0.2) is 24.2 Å².